The maximum Gasteiger partial charge on any atom is 0.225 e. The van der Waals surface area contributed by atoms with Gasteiger partial charge in [0, 0.05) is 43.6 Å². The third kappa shape index (κ3) is 3.87. The smallest absolute Gasteiger partial charge is 0.225 e. The number of pyridine rings is 1. The molecule has 0 unspecified atom stereocenters. The van der Waals surface area contributed by atoms with Crippen molar-refractivity contribution >= 4 is 45.1 Å². The standard InChI is InChI=1S/C14H14BrCl2N5/c15-10-6-19-14(20-7-10)22-4-3-11(8-22)18-5-9-1-2-12(16)21-13(9)17/h1-2,6-7,11,18H,3-5,8H2/t11-/m0/s1. The van der Waals surface area contributed by atoms with E-state index in [9.17, 15) is 0 Å². The minimum atomic E-state index is 0.374. The maximum atomic E-state index is 6.08. The van der Waals surface area contributed by atoms with E-state index >= 15 is 0 Å². The summed E-state index contributed by atoms with van der Waals surface area (Å²) < 4.78 is 0.884. The van der Waals surface area contributed by atoms with Crippen LogP contribution in [0.5, 0.6) is 0 Å². The van der Waals surface area contributed by atoms with Gasteiger partial charge in [0.05, 0.1) is 4.47 Å². The van der Waals surface area contributed by atoms with Crippen molar-refractivity contribution in [3.63, 3.8) is 0 Å². The van der Waals surface area contributed by atoms with E-state index in [1.165, 1.54) is 0 Å². The van der Waals surface area contributed by atoms with Crippen LogP contribution in [-0.2, 0) is 6.54 Å². The Bertz CT molecular complexity index is 652. The molecule has 0 amide bonds. The lowest BCUT2D eigenvalue weighted by Crippen LogP contribution is -2.32. The molecule has 0 saturated carbocycles. The number of rotatable bonds is 4. The zero-order chi connectivity index (χ0) is 15.5. The maximum absolute atomic E-state index is 6.08. The fourth-order valence-corrected chi connectivity index (χ4v) is 3.02. The van der Waals surface area contributed by atoms with Gasteiger partial charge in [-0.1, -0.05) is 29.3 Å². The van der Waals surface area contributed by atoms with Gasteiger partial charge in [-0.15, -0.1) is 0 Å². The van der Waals surface area contributed by atoms with Crippen LogP contribution in [0, 0.1) is 0 Å². The first-order chi connectivity index (χ1) is 10.6. The summed E-state index contributed by atoms with van der Waals surface area (Å²) in [6.45, 7) is 2.48. The third-order valence-electron chi connectivity index (χ3n) is 3.55. The van der Waals surface area contributed by atoms with E-state index in [4.69, 9.17) is 23.2 Å². The molecule has 1 atom stereocenters. The van der Waals surface area contributed by atoms with Gasteiger partial charge in [0.2, 0.25) is 5.95 Å². The van der Waals surface area contributed by atoms with Crippen molar-refractivity contribution in [3.8, 4) is 0 Å². The average Bonchev–Trinajstić information content (AvgIpc) is 2.96. The number of hydrogen-bond acceptors (Lipinski definition) is 5. The van der Waals surface area contributed by atoms with E-state index in [0.29, 0.717) is 22.9 Å². The monoisotopic (exact) mass is 401 g/mol. The lowest BCUT2D eigenvalue weighted by molar-refractivity contribution is 0.550. The molecule has 8 heteroatoms. The highest BCUT2D eigenvalue weighted by Gasteiger charge is 2.24. The topological polar surface area (TPSA) is 53.9 Å². The van der Waals surface area contributed by atoms with Gasteiger partial charge in [-0.25, -0.2) is 15.0 Å². The first-order valence-electron chi connectivity index (χ1n) is 6.88. The van der Waals surface area contributed by atoms with Gasteiger partial charge >= 0.3 is 0 Å². The summed E-state index contributed by atoms with van der Waals surface area (Å²) in [6, 6.07) is 4.02. The second kappa shape index (κ2) is 7.08. The SMILES string of the molecule is Clc1ccc(CN[C@H]2CCN(c3ncc(Br)cn3)C2)c(Cl)n1. The molecule has 5 nitrogen and oxygen atoms in total. The molecule has 0 spiro atoms. The first-order valence-corrected chi connectivity index (χ1v) is 8.43. The van der Waals surface area contributed by atoms with Crippen LogP contribution >= 0.6 is 39.1 Å². The van der Waals surface area contributed by atoms with Crippen molar-refractivity contribution in [2.24, 2.45) is 0 Å². The summed E-state index contributed by atoms with van der Waals surface area (Å²) in [4.78, 5) is 14.9. The summed E-state index contributed by atoms with van der Waals surface area (Å²) in [5.41, 5.74) is 0.949. The summed E-state index contributed by atoms with van der Waals surface area (Å²) in [6.07, 6.45) is 4.57. The van der Waals surface area contributed by atoms with Crippen LogP contribution in [0.25, 0.3) is 0 Å². The number of nitrogens with zero attached hydrogens (tertiary/aromatic N) is 4. The van der Waals surface area contributed by atoms with Crippen molar-refractivity contribution in [2.75, 3.05) is 18.0 Å². The van der Waals surface area contributed by atoms with Gasteiger partial charge in [0.25, 0.3) is 0 Å². The van der Waals surface area contributed by atoms with Crippen LogP contribution in [0.15, 0.2) is 29.0 Å². The van der Waals surface area contributed by atoms with E-state index in [1.807, 2.05) is 6.07 Å². The zero-order valence-corrected chi connectivity index (χ0v) is 14.7. The first kappa shape index (κ1) is 15.9. The molecule has 1 N–H and O–H groups in total. The van der Waals surface area contributed by atoms with Crippen molar-refractivity contribution in [1.29, 1.82) is 0 Å². The second-order valence-corrected chi connectivity index (χ2v) is 6.76. The predicted molar refractivity (Wildman–Crippen MR) is 91.4 cm³/mol. The Morgan fingerprint density at radius 3 is 2.77 bits per heavy atom. The number of halogens is 3. The lowest BCUT2D eigenvalue weighted by atomic mass is 10.2. The quantitative estimate of drug-likeness (QED) is 0.795. The summed E-state index contributed by atoms with van der Waals surface area (Å²) >= 11 is 15.2. The highest BCUT2D eigenvalue weighted by molar-refractivity contribution is 9.10. The largest absolute Gasteiger partial charge is 0.339 e. The molecule has 22 heavy (non-hydrogen) atoms. The molecule has 0 aliphatic carbocycles. The number of nitrogens with one attached hydrogen (secondary N) is 1. The molecule has 0 aromatic carbocycles. The predicted octanol–water partition coefficient (Wildman–Crippen LogP) is 3.31. The van der Waals surface area contributed by atoms with E-state index in [2.05, 4.69) is 41.1 Å². The summed E-state index contributed by atoms with van der Waals surface area (Å²) in [5, 5.41) is 4.36. The molecule has 0 radical (unpaired) electrons. The van der Waals surface area contributed by atoms with Crippen LogP contribution in [0.1, 0.15) is 12.0 Å². The normalized spacial score (nSPS) is 18.0. The molecule has 1 aliphatic heterocycles. The van der Waals surface area contributed by atoms with Crippen LogP contribution in [0.4, 0.5) is 5.95 Å². The van der Waals surface area contributed by atoms with Gasteiger partial charge in [-0.2, -0.15) is 0 Å². The Morgan fingerprint density at radius 2 is 2.05 bits per heavy atom. The minimum Gasteiger partial charge on any atom is -0.339 e. The summed E-state index contributed by atoms with van der Waals surface area (Å²) in [5.74, 6) is 0.763. The van der Waals surface area contributed by atoms with E-state index < -0.39 is 0 Å². The molecule has 3 heterocycles. The molecule has 116 valence electrons. The molecule has 2 aromatic heterocycles. The van der Waals surface area contributed by atoms with Crippen molar-refractivity contribution in [3.05, 3.63) is 44.9 Å². The molecule has 2 aromatic rings. The van der Waals surface area contributed by atoms with Crippen LogP contribution < -0.4 is 10.2 Å². The van der Waals surface area contributed by atoms with Gasteiger partial charge in [0.1, 0.15) is 10.3 Å². The number of hydrogen-bond donors (Lipinski definition) is 1. The Hall–Kier alpha value is -0.950. The van der Waals surface area contributed by atoms with Gasteiger partial charge in [-0.05, 0) is 28.4 Å². The van der Waals surface area contributed by atoms with E-state index in [0.717, 1.165) is 35.5 Å². The average molecular weight is 403 g/mol. The third-order valence-corrected chi connectivity index (χ3v) is 4.50. The van der Waals surface area contributed by atoms with E-state index in [-0.39, 0.29) is 0 Å². The minimum absolute atomic E-state index is 0.374. The zero-order valence-electron chi connectivity index (χ0n) is 11.6. The van der Waals surface area contributed by atoms with Crippen LogP contribution in [-0.4, -0.2) is 34.1 Å². The molecular formula is C14H14BrCl2N5. The summed E-state index contributed by atoms with van der Waals surface area (Å²) in [7, 11) is 0. The van der Waals surface area contributed by atoms with Crippen molar-refractivity contribution in [2.45, 2.75) is 19.0 Å². The Kier molecular flexibility index (Phi) is 5.13. The number of anilines is 1. The lowest BCUT2D eigenvalue weighted by Gasteiger charge is -2.17. The second-order valence-electron chi connectivity index (χ2n) is 5.10. The molecule has 1 aliphatic rings. The van der Waals surface area contributed by atoms with Gasteiger partial charge in [0.15, 0.2) is 0 Å². The Balaban J connectivity index is 1.56. The molecule has 0 bridgehead atoms. The Morgan fingerprint density at radius 1 is 1.27 bits per heavy atom. The fraction of sp³-hybridized carbons (Fsp3) is 0.357. The van der Waals surface area contributed by atoms with Crippen LogP contribution in [0.3, 0.4) is 0 Å². The number of aromatic nitrogens is 3. The highest BCUT2D eigenvalue weighted by atomic mass is 79.9. The molecule has 1 fully saturated rings. The van der Waals surface area contributed by atoms with Gasteiger partial charge in [-0.3, -0.25) is 0 Å². The highest BCUT2D eigenvalue weighted by Crippen LogP contribution is 2.19. The fourth-order valence-electron chi connectivity index (χ4n) is 2.40. The van der Waals surface area contributed by atoms with Crippen molar-refractivity contribution in [1.82, 2.24) is 20.3 Å². The van der Waals surface area contributed by atoms with Crippen molar-refractivity contribution < 1.29 is 0 Å². The van der Waals surface area contributed by atoms with E-state index in [1.54, 1.807) is 18.5 Å². The molecular weight excluding hydrogens is 389 g/mol. The Labute approximate surface area is 147 Å². The molecule has 3 rings (SSSR count). The molecule has 1 saturated heterocycles. The van der Waals surface area contributed by atoms with Gasteiger partial charge < -0.3 is 10.2 Å². The van der Waals surface area contributed by atoms with Crippen LogP contribution in [0.2, 0.25) is 10.3 Å².